The second-order valence-corrected chi connectivity index (χ2v) is 9.40. The Morgan fingerprint density at radius 1 is 0.780 bits per heavy atom. The number of carboxylic acid groups (broad SMARTS) is 1. The fraction of sp³-hybridized carbons (Fsp3) is 0.0312. The lowest BCUT2D eigenvalue weighted by molar-refractivity contribution is 0.0696. The third kappa shape index (κ3) is 4.92. The van der Waals surface area contributed by atoms with Gasteiger partial charge >= 0.3 is 5.97 Å². The highest BCUT2D eigenvalue weighted by atomic mass is 19.1. The molecule has 0 saturated carbocycles. The van der Waals surface area contributed by atoms with Crippen LogP contribution in [0.25, 0.3) is 27.5 Å². The number of benzene rings is 4. The predicted molar refractivity (Wildman–Crippen MR) is 150 cm³/mol. The molecule has 0 aliphatic carbocycles. The molecule has 2 aromatic heterocycles. The highest BCUT2D eigenvalue weighted by Gasteiger charge is 2.23. The molecule has 6 aromatic rings. The van der Waals surface area contributed by atoms with Gasteiger partial charge in [-0.2, -0.15) is 0 Å². The van der Waals surface area contributed by atoms with Crippen molar-refractivity contribution in [3.8, 4) is 11.1 Å². The number of rotatable bonds is 7. The van der Waals surface area contributed by atoms with Crippen molar-refractivity contribution in [1.29, 1.82) is 0 Å². The van der Waals surface area contributed by atoms with E-state index in [1.54, 1.807) is 48.5 Å². The Bertz CT molecular complexity index is 1980. The molecule has 2 heterocycles. The maximum Gasteiger partial charge on any atom is 0.335 e. The third-order valence-corrected chi connectivity index (χ3v) is 6.79. The molecule has 9 heteroatoms. The Hall–Kier alpha value is -5.70. The summed E-state index contributed by atoms with van der Waals surface area (Å²) in [4.78, 5) is 38.4. The van der Waals surface area contributed by atoms with Gasteiger partial charge in [-0.05, 0) is 58.3 Å². The van der Waals surface area contributed by atoms with Gasteiger partial charge in [-0.15, -0.1) is 10.2 Å². The molecule has 41 heavy (non-hydrogen) atoms. The van der Waals surface area contributed by atoms with Gasteiger partial charge < -0.3 is 10.4 Å². The first-order chi connectivity index (χ1) is 19.9. The number of fused-ring (bicyclic) bond motifs is 2. The van der Waals surface area contributed by atoms with E-state index in [1.807, 2.05) is 30.3 Å². The molecule has 1 amide bonds. The number of carbonyl (C=O) groups excluding carboxylic acids is 2. The van der Waals surface area contributed by atoms with Gasteiger partial charge in [-0.3, -0.25) is 14.0 Å². The van der Waals surface area contributed by atoms with Gasteiger partial charge in [-0.1, -0.05) is 66.7 Å². The van der Waals surface area contributed by atoms with Crippen LogP contribution in [0.3, 0.4) is 0 Å². The van der Waals surface area contributed by atoms with E-state index in [4.69, 9.17) is 5.11 Å². The van der Waals surface area contributed by atoms with Crippen LogP contribution in [0.15, 0.2) is 103 Å². The summed E-state index contributed by atoms with van der Waals surface area (Å²) in [6, 6.07) is 28.2. The van der Waals surface area contributed by atoms with Crippen molar-refractivity contribution in [2.24, 2.45) is 0 Å². The molecule has 0 aliphatic rings. The number of amides is 1. The van der Waals surface area contributed by atoms with Crippen molar-refractivity contribution in [3.63, 3.8) is 0 Å². The quantitative estimate of drug-likeness (QED) is 0.255. The van der Waals surface area contributed by atoms with Crippen LogP contribution in [0.1, 0.15) is 42.6 Å². The number of pyridine rings is 1. The number of hydrogen-bond donors (Lipinski definition) is 2. The Kier molecular flexibility index (Phi) is 6.52. The van der Waals surface area contributed by atoms with Crippen LogP contribution in [0.4, 0.5) is 4.39 Å². The van der Waals surface area contributed by atoms with E-state index in [0.29, 0.717) is 16.7 Å². The standard InChI is InChI=1S/C32H21FN4O4/c33-26-8-4-3-7-25(26)24-16-27(31(39)34-18-19-9-11-21(12-10-19)32(40)41)37-28(17-24)35-36-30(37)29(38)23-14-13-20-5-1-2-6-22(20)15-23/h1-17H,18H2,(H,34,39)(H,40,41). The summed E-state index contributed by atoms with van der Waals surface area (Å²) in [6.07, 6.45) is 0. The number of nitrogens with zero attached hydrogens (tertiary/aromatic N) is 3. The van der Waals surface area contributed by atoms with Crippen molar-refractivity contribution >= 4 is 34.1 Å². The zero-order valence-electron chi connectivity index (χ0n) is 21.4. The SMILES string of the molecule is O=C(O)c1ccc(CNC(=O)c2cc(-c3ccccc3F)cc3nnc(C(=O)c4ccc5ccccc5c4)n23)cc1. The predicted octanol–water partition coefficient (Wildman–Crippen LogP) is 5.55. The van der Waals surface area contributed by atoms with Crippen molar-refractivity contribution in [1.82, 2.24) is 19.9 Å². The van der Waals surface area contributed by atoms with E-state index in [1.165, 1.54) is 28.7 Å². The molecular formula is C32H21FN4O4. The van der Waals surface area contributed by atoms with Gasteiger partial charge in [0.25, 0.3) is 5.91 Å². The van der Waals surface area contributed by atoms with Crippen LogP contribution in [-0.2, 0) is 6.54 Å². The van der Waals surface area contributed by atoms with E-state index in [-0.39, 0.29) is 34.8 Å². The van der Waals surface area contributed by atoms with E-state index in [0.717, 1.165) is 10.8 Å². The second kappa shape index (κ2) is 10.5. The number of halogens is 1. The van der Waals surface area contributed by atoms with Crippen LogP contribution >= 0.6 is 0 Å². The van der Waals surface area contributed by atoms with E-state index < -0.39 is 23.5 Å². The number of carbonyl (C=O) groups is 3. The molecule has 6 rings (SSSR count). The minimum atomic E-state index is -1.05. The second-order valence-electron chi connectivity index (χ2n) is 9.40. The van der Waals surface area contributed by atoms with Gasteiger partial charge in [0.2, 0.25) is 11.6 Å². The average molecular weight is 545 g/mol. The molecule has 0 saturated heterocycles. The largest absolute Gasteiger partial charge is 0.478 e. The van der Waals surface area contributed by atoms with E-state index in [2.05, 4.69) is 15.5 Å². The molecule has 0 radical (unpaired) electrons. The van der Waals surface area contributed by atoms with Gasteiger partial charge in [0.15, 0.2) is 5.65 Å². The van der Waals surface area contributed by atoms with E-state index >= 15 is 0 Å². The van der Waals surface area contributed by atoms with Gasteiger partial charge in [0.1, 0.15) is 11.5 Å². The normalized spacial score (nSPS) is 11.0. The van der Waals surface area contributed by atoms with Crippen molar-refractivity contribution in [3.05, 3.63) is 137 Å². The molecule has 0 unspecified atom stereocenters. The summed E-state index contributed by atoms with van der Waals surface area (Å²) < 4.78 is 16.1. The number of aromatic carboxylic acids is 1. The monoisotopic (exact) mass is 544 g/mol. The van der Waals surface area contributed by atoms with Crippen molar-refractivity contribution in [2.75, 3.05) is 0 Å². The molecule has 0 fully saturated rings. The molecule has 0 spiro atoms. The zero-order valence-corrected chi connectivity index (χ0v) is 21.4. The van der Waals surface area contributed by atoms with Crippen LogP contribution in [0, 0.1) is 5.82 Å². The Balaban J connectivity index is 1.42. The van der Waals surface area contributed by atoms with Gasteiger partial charge in [-0.25, -0.2) is 9.18 Å². The van der Waals surface area contributed by atoms with Crippen molar-refractivity contribution < 1.29 is 23.9 Å². The summed E-state index contributed by atoms with van der Waals surface area (Å²) in [6.45, 7) is 0.0836. The fourth-order valence-corrected chi connectivity index (χ4v) is 4.68. The molecule has 2 N–H and O–H groups in total. The summed E-state index contributed by atoms with van der Waals surface area (Å²) in [7, 11) is 0. The minimum absolute atomic E-state index is 0.0389. The van der Waals surface area contributed by atoms with Crippen LogP contribution < -0.4 is 5.32 Å². The molecule has 0 bridgehead atoms. The molecule has 0 atom stereocenters. The highest BCUT2D eigenvalue weighted by Crippen LogP contribution is 2.27. The maximum absolute atomic E-state index is 14.7. The summed E-state index contributed by atoms with van der Waals surface area (Å²) >= 11 is 0. The topological polar surface area (TPSA) is 114 Å². The Morgan fingerprint density at radius 3 is 2.24 bits per heavy atom. The number of ketones is 1. The third-order valence-electron chi connectivity index (χ3n) is 6.79. The summed E-state index contributed by atoms with van der Waals surface area (Å²) in [5.74, 6) is -2.58. The number of aromatic nitrogens is 3. The minimum Gasteiger partial charge on any atom is -0.478 e. The summed E-state index contributed by atoms with van der Waals surface area (Å²) in [5.41, 5.74) is 2.06. The van der Waals surface area contributed by atoms with Gasteiger partial charge in [0, 0.05) is 17.7 Å². The van der Waals surface area contributed by atoms with E-state index in [9.17, 15) is 18.8 Å². The molecule has 0 aliphatic heterocycles. The lowest BCUT2D eigenvalue weighted by Gasteiger charge is -2.12. The zero-order chi connectivity index (χ0) is 28.5. The average Bonchev–Trinajstić information content (AvgIpc) is 3.43. The van der Waals surface area contributed by atoms with Crippen LogP contribution in [-0.4, -0.2) is 37.4 Å². The fourth-order valence-electron chi connectivity index (χ4n) is 4.68. The molecule has 200 valence electrons. The maximum atomic E-state index is 14.7. The number of nitrogens with one attached hydrogen (secondary N) is 1. The number of hydrogen-bond acceptors (Lipinski definition) is 5. The van der Waals surface area contributed by atoms with Crippen LogP contribution in [0.5, 0.6) is 0 Å². The number of carboxylic acids is 1. The van der Waals surface area contributed by atoms with Crippen molar-refractivity contribution in [2.45, 2.75) is 6.54 Å². The van der Waals surface area contributed by atoms with Gasteiger partial charge in [0.05, 0.1) is 5.56 Å². The Labute approximate surface area is 232 Å². The first kappa shape index (κ1) is 25.6. The van der Waals surface area contributed by atoms with Crippen LogP contribution in [0.2, 0.25) is 0 Å². The summed E-state index contributed by atoms with van der Waals surface area (Å²) in [5, 5.41) is 22.1. The smallest absolute Gasteiger partial charge is 0.335 e. The molecule has 4 aromatic carbocycles. The molecule has 8 nitrogen and oxygen atoms in total. The Morgan fingerprint density at radius 2 is 1.49 bits per heavy atom. The first-order valence-electron chi connectivity index (χ1n) is 12.7. The first-order valence-corrected chi connectivity index (χ1v) is 12.7. The molecular weight excluding hydrogens is 523 g/mol. The highest BCUT2D eigenvalue weighted by molar-refractivity contribution is 6.09. The lowest BCUT2D eigenvalue weighted by atomic mass is 10.0. The lowest BCUT2D eigenvalue weighted by Crippen LogP contribution is -2.26.